The van der Waals surface area contributed by atoms with Crippen molar-refractivity contribution >= 4 is 41.0 Å². The van der Waals surface area contributed by atoms with E-state index in [-0.39, 0.29) is 29.2 Å². The second kappa shape index (κ2) is 10.2. The number of anilines is 1. The third kappa shape index (κ3) is 5.04. The number of likely N-dealkylation sites (N-methyl/N-ethyl adjacent to an activating group) is 1. The second-order valence-corrected chi connectivity index (χ2v) is 9.58. The van der Waals surface area contributed by atoms with Crippen LogP contribution in [0.2, 0.25) is 5.02 Å². The number of carboxylic acid groups (broad SMARTS) is 1. The fourth-order valence-electron chi connectivity index (χ4n) is 5.00. The van der Waals surface area contributed by atoms with Gasteiger partial charge in [0.25, 0.3) is 0 Å². The van der Waals surface area contributed by atoms with Crippen LogP contribution in [0.15, 0.2) is 48.7 Å². The summed E-state index contributed by atoms with van der Waals surface area (Å²) in [5, 5.41) is 10.0. The minimum absolute atomic E-state index is 0.00132. The van der Waals surface area contributed by atoms with Crippen LogP contribution in [-0.2, 0) is 4.79 Å². The number of likely N-dealkylation sites (tertiary alicyclic amines) is 1. The lowest BCUT2D eigenvalue weighted by Gasteiger charge is -2.37. The van der Waals surface area contributed by atoms with Crippen LogP contribution < -0.4 is 4.90 Å². The van der Waals surface area contributed by atoms with Crippen LogP contribution >= 0.6 is 23.2 Å². The van der Waals surface area contributed by atoms with Crippen molar-refractivity contribution in [1.82, 2.24) is 14.8 Å². The summed E-state index contributed by atoms with van der Waals surface area (Å²) in [6.45, 7) is 4.23. The standard InChI is InChI=1S/C24H28Cl2N4O3/c1-2-30(24(32)33)21-15-29(13-19(21)16-6-8-17(25)9-7-16)23(31)18-10-12-28(14-20(18)26)22-5-3-4-11-27-22/h3-9,11,18-21H,2,10,12-15H2,1H3,(H,32,33)/t18?,19-,20?,21+/m0/s1. The average molecular weight is 491 g/mol. The number of pyridine rings is 1. The molecule has 0 radical (unpaired) electrons. The van der Waals surface area contributed by atoms with Crippen molar-refractivity contribution in [3.63, 3.8) is 0 Å². The summed E-state index contributed by atoms with van der Waals surface area (Å²) in [5.74, 6) is 0.428. The molecule has 176 valence electrons. The molecular weight excluding hydrogens is 463 g/mol. The largest absolute Gasteiger partial charge is 0.465 e. The van der Waals surface area contributed by atoms with Gasteiger partial charge >= 0.3 is 6.09 Å². The molecule has 2 aliphatic heterocycles. The Morgan fingerprint density at radius 2 is 1.91 bits per heavy atom. The predicted octanol–water partition coefficient (Wildman–Crippen LogP) is 4.16. The summed E-state index contributed by atoms with van der Waals surface area (Å²) in [6.07, 6.45) is 1.40. The molecule has 0 spiro atoms. The number of aromatic nitrogens is 1. The molecule has 0 saturated carbocycles. The molecule has 2 saturated heterocycles. The van der Waals surface area contributed by atoms with Gasteiger partial charge in [0.1, 0.15) is 5.82 Å². The van der Waals surface area contributed by atoms with Gasteiger partial charge in [-0.15, -0.1) is 11.6 Å². The molecule has 0 bridgehead atoms. The van der Waals surface area contributed by atoms with Gasteiger partial charge in [-0.3, -0.25) is 4.79 Å². The van der Waals surface area contributed by atoms with Gasteiger partial charge in [-0.1, -0.05) is 29.8 Å². The van der Waals surface area contributed by atoms with Crippen molar-refractivity contribution in [2.24, 2.45) is 5.92 Å². The molecular formula is C24H28Cl2N4O3. The van der Waals surface area contributed by atoms with Crippen molar-refractivity contribution < 1.29 is 14.7 Å². The van der Waals surface area contributed by atoms with E-state index in [1.54, 1.807) is 23.2 Å². The highest BCUT2D eigenvalue weighted by Gasteiger charge is 2.44. The number of halogens is 2. The number of hydrogen-bond acceptors (Lipinski definition) is 4. The lowest BCUT2D eigenvalue weighted by molar-refractivity contribution is -0.135. The number of rotatable bonds is 5. The molecule has 2 unspecified atom stereocenters. The van der Waals surface area contributed by atoms with Gasteiger partial charge in [0.05, 0.1) is 17.3 Å². The first-order chi connectivity index (χ1) is 15.9. The zero-order valence-corrected chi connectivity index (χ0v) is 20.0. The van der Waals surface area contributed by atoms with Crippen molar-refractivity contribution in [3.8, 4) is 0 Å². The summed E-state index contributed by atoms with van der Waals surface area (Å²) in [6, 6.07) is 12.9. The van der Waals surface area contributed by atoms with Gasteiger partial charge in [0, 0.05) is 49.9 Å². The summed E-state index contributed by atoms with van der Waals surface area (Å²) < 4.78 is 0. The fraction of sp³-hybridized carbons (Fsp3) is 0.458. The van der Waals surface area contributed by atoms with E-state index in [1.807, 2.05) is 37.3 Å². The van der Waals surface area contributed by atoms with Gasteiger partial charge in [-0.2, -0.15) is 0 Å². The quantitative estimate of drug-likeness (QED) is 0.636. The number of hydrogen-bond donors (Lipinski definition) is 1. The highest BCUT2D eigenvalue weighted by atomic mass is 35.5. The molecule has 2 aromatic rings. The predicted molar refractivity (Wildman–Crippen MR) is 129 cm³/mol. The first kappa shape index (κ1) is 23.6. The van der Waals surface area contributed by atoms with Crippen molar-refractivity contribution in [1.29, 1.82) is 0 Å². The van der Waals surface area contributed by atoms with Crippen LogP contribution in [0.3, 0.4) is 0 Å². The van der Waals surface area contributed by atoms with Gasteiger partial charge in [-0.05, 0) is 43.2 Å². The first-order valence-corrected chi connectivity index (χ1v) is 12.0. The van der Waals surface area contributed by atoms with Gasteiger partial charge < -0.3 is 19.8 Å². The Morgan fingerprint density at radius 1 is 1.15 bits per heavy atom. The zero-order chi connectivity index (χ0) is 23.5. The Balaban J connectivity index is 1.50. The zero-order valence-electron chi connectivity index (χ0n) is 18.5. The molecule has 2 fully saturated rings. The number of benzene rings is 1. The lowest BCUT2D eigenvalue weighted by Crippen LogP contribution is -2.49. The van der Waals surface area contributed by atoms with Crippen LogP contribution in [0.5, 0.6) is 0 Å². The highest BCUT2D eigenvalue weighted by Crippen LogP contribution is 2.35. The van der Waals surface area contributed by atoms with Crippen molar-refractivity contribution in [3.05, 3.63) is 59.2 Å². The average Bonchev–Trinajstić information content (AvgIpc) is 3.25. The fourth-order valence-corrected chi connectivity index (χ4v) is 5.52. The Kier molecular flexibility index (Phi) is 7.29. The third-order valence-electron chi connectivity index (χ3n) is 6.72. The molecule has 1 N–H and O–H groups in total. The lowest BCUT2D eigenvalue weighted by atomic mass is 9.93. The van der Waals surface area contributed by atoms with E-state index in [0.29, 0.717) is 44.2 Å². The number of carbonyl (C=O) groups excluding carboxylic acids is 1. The van der Waals surface area contributed by atoms with Crippen molar-refractivity contribution in [2.75, 3.05) is 37.6 Å². The number of nitrogens with zero attached hydrogens (tertiary/aromatic N) is 4. The molecule has 4 rings (SSSR count). The molecule has 1 aromatic carbocycles. The van der Waals surface area contributed by atoms with Gasteiger partial charge in [0.15, 0.2) is 0 Å². The molecule has 2 amide bonds. The number of amides is 2. The number of alkyl halides is 1. The Morgan fingerprint density at radius 3 is 2.52 bits per heavy atom. The maximum Gasteiger partial charge on any atom is 0.407 e. The van der Waals surface area contributed by atoms with Gasteiger partial charge in [-0.25, -0.2) is 9.78 Å². The third-order valence-corrected chi connectivity index (χ3v) is 7.41. The van der Waals surface area contributed by atoms with Crippen LogP contribution in [0, 0.1) is 5.92 Å². The van der Waals surface area contributed by atoms with Crippen LogP contribution in [0.4, 0.5) is 10.6 Å². The summed E-state index contributed by atoms with van der Waals surface area (Å²) in [4.78, 5) is 35.2. The molecule has 0 aliphatic carbocycles. The molecule has 9 heteroatoms. The second-order valence-electron chi connectivity index (χ2n) is 8.58. The maximum absolute atomic E-state index is 13.5. The minimum Gasteiger partial charge on any atom is -0.465 e. The van der Waals surface area contributed by atoms with Crippen molar-refractivity contribution in [2.45, 2.75) is 30.7 Å². The Hall–Kier alpha value is -2.51. The number of carbonyl (C=O) groups is 2. The minimum atomic E-state index is -0.977. The van der Waals surface area contributed by atoms with E-state index >= 15 is 0 Å². The molecule has 2 aliphatic rings. The molecule has 4 atom stereocenters. The summed E-state index contributed by atoms with van der Waals surface area (Å²) >= 11 is 12.8. The SMILES string of the molecule is CCN(C(=O)O)[C@@H]1CN(C(=O)C2CCN(c3ccccn3)CC2Cl)C[C@H]1c1ccc(Cl)cc1. The summed E-state index contributed by atoms with van der Waals surface area (Å²) in [7, 11) is 0. The van der Waals surface area contributed by atoms with E-state index in [2.05, 4.69) is 9.88 Å². The molecule has 3 heterocycles. The van der Waals surface area contributed by atoms with Crippen LogP contribution in [-0.4, -0.2) is 76.0 Å². The smallest absolute Gasteiger partial charge is 0.407 e. The Labute approximate surface area is 203 Å². The maximum atomic E-state index is 13.5. The van der Waals surface area contributed by atoms with E-state index in [0.717, 1.165) is 11.4 Å². The van der Waals surface area contributed by atoms with Crippen LogP contribution in [0.25, 0.3) is 0 Å². The number of piperidine rings is 1. The van der Waals surface area contributed by atoms with Crippen LogP contribution in [0.1, 0.15) is 24.8 Å². The van der Waals surface area contributed by atoms with Gasteiger partial charge in [0.2, 0.25) is 5.91 Å². The normalized spacial score (nSPS) is 25.2. The topological polar surface area (TPSA) is 77.0 Å². The first-order valence-electron chi connectivity index (χ1n) is 11.2. The van der Waals surface area contributed by atoms with E-state index in [9.17, 15) is 14.7 Å². The Bertz CT molecular complexity index is 975. The van der Waals surface area contributed by atoms with E-state index < -0.39 is 6.09 Å². The highest BCUT2D eigenvalue weighted by molar-refractivity contribution is 6.30. The summed E-state index contributed by atoms with van der Waals surface area (Å²) in [5.41, 5.74) is 0.979. The monoisotopic (exact) mass is 490 g/mol. The molecule has 7 nitrogen and oxygen atoms in total. The molecule has 33 heavy (non-hydrogen) atoms. The molecule has 1 aromatic heterocycles. The van der Waals surface area contributed by atoms with E-state index in [1.165, 1.54) is 4.90 Å². The van der Waals surface area contributed by atoms with E-state index in [4.69, 9.17) is 23.2 Å².